The average molecular weight is 181 g/mol. The molecule has 3 nitrogen and oxygen atoms in total. The summed E-state index contributed by atoms with van der Waals surface area (Å²) in [6, 6.07) is 0. The maximum absolute atomic E-state index is 11.4. The number of likely N-dealkylation sites (tertiary alicyclic amines) is 1. The molecule has 1 fully saturated rings. The molecule has 1 heterocycles. The second-order valence-corrected chi connectivity index (χ2v) is 3.41. The molecule has 0 aromatic carbocycles. The summed E-state index contributed by atoms with van der Waals surface area (Å²) >= 11 is 0. The average Bonchev–Trinajstić information content (AvgIpc) is 2.14. The third kappa shape index (κ3) is 3.08. The molecule has 1 aliphatic rings. The van der Waals surface area contributed by atoms with E-state index in [0.29, 0.717) is 0 Å². The van der Waals surface area contributed by atoms with E-state index in [4.69, 9.17) is 11.2 Å². The molecule has 13 heavy (non-hydrogen) atoms. The molecule has 1 unspecified atom stereocenters. The number of hydrogen-bond acceptors (Lipinski definition) is 3. The summed E-state index contributed by atoms with van der Waals surface area (Å²) in [5, 5.41) is 0. The third-order valence-electron chi connectivity index (χ3n) is 2.26. The predicted molar refractivity (Wildman–Crippen MR) is 50.0 cm³/mol. The van der Waals surface area contributed by atoms with Gasteiger partial charge in [-0.25, -0.2) is 0 Å². The van der Waals surface area contributed by atoms with Gasteiger partial charge in [0.15, 0.2) is 6.61 Å². The third-order valence-corrected chi connectivity index (χ3v) is 2.26. The number of carbonyl (C=O) groups excluding carboxylic acids is 1. The van der Waals surface area contributed by atoms with E-state index >= 15 is 0 Å². The summed E-state index contributed by atoms with van der Waals surface area (Å²) in [7, 11) is 2.01. The molecule has 1 saturated heterocycles. The molecule has 0 bridgehead atoms. The molecule has 72 valence electrons. The minimum absolute atomic E-state index is 0.0205. The largest absolute Gasteiger partial charge is 0.452 e. The molecule has 1 aliphatic heterocycles. The lowest BCUT2D eigenvalue weighted by Gasteiger charge is -2.27. The van der Waals surface area contributed by atoms with Crippen LogP contribution in [0.5, 0.6) is 0 Å². The van der Waals surface area contributed by atoms with Crippen molar-refractivity contribution in [3.05, 3.63) is 0 Å². The highest BCUT2D eigenvalue weighted by Crippen LogP contribution is 2.16. The van der Waals surface area contributed by atoms with Crippen molar-refractivity contribution >= 4 is 5.97 Å². The maximum atomic E-state index is 11.4. The smallest absolute Gasteiger partial charge is 0.311 e. The standard InChI is InChI=1S/C10H15NO2/c1-3-7-13-10(12)9-5-4-6-11(2)8-9/h1,9H,4-8H2,2H3. The van der Waals surface area contributed by atoms with Gasteiger partial charge in [0.05, 0.1) is 5.92 Å². The summed E-state index contributed by atoms with van der Waals surface area (Å²) in [5.41, 5.74) is 0. The molecular weight excluding hydrogens is 166 g/mol. The van der Waals surface area contributed by atoms with Crippen LogP contribution in [0.25, 0.3) is 0 Å². The van der Waals surface area contributed by atoms with Gasteiger partial charge in [-0.15, -0.1) is 6.42 Å². The van der Waals surface area contributed by atoms with Crippen molar-refractivity contribution in [2.75, 3.05) is 26.7 Å². The van der Waals surface area contributed by atoms with Crippen LogP contribution in [0.4, 0.5) is 0 Å². The lowest BCUT2D eigenvalue weighted by Crippen LogP contribution is -2.36. The van der Waals surface area contributed by atoms with Crippen LogP contribution in [-0.4, -0.2) is 37.6 Å². The number of piperidine rings is 1. The van der Waals surface area contributed by atoms with Crippen molar-refractivity contribution in [1.82, 2.24) is 4.90 Å². The highest BCUT2D eigenvalue weighted by molar-refractivity contribution is 5.73. The zero-order valence-corrected chi connectivity index (χ0v) is 7.95. The zero-order chi connectivity index (χ0) is 9.68. The van der Waals surface area contributed by atoms with Gasteiger partial charge in [0.1, 0.15) is 0 Å². The van der Waals surface area contributed by atoms with Crippen LogP contribution in [0, 0.1) is 18.3 Å². The van der Waals surface area contributed by atoms with Gasteiger partial charge < -0.3 is 9.64 Å². The predicted octanol–water partition coefficient (Wildman–Crippen LogP) is 0.505. The Hall–Kier alpha value is -1.01. The van der Waals surface area contributed by atoms with Crippen LogP contribution in [0.3, 0.4) is 0 Å². The zero-order valence-electron chi connectivity index (χ0n) is 7.95. The van der Waals surface area contributed by atoms with Gasteiger partial charge in [0, 0.05) is 6.54 Å². The van der Waals surface area contributed by atoms with E-state index in [9.17, 15) is 4.79 Å². The van der Waals surface area contributed by atoms with Gasteiger partial charge in [-0.2, -0.15) is 0 Å². The summed E-state index contributed by atoms with van der Waals surface area (Å²) in [6.45, 7) is 1.96. The number of hydrogen-bond donors (Lipinski definition) is 0. The topological polar surface area (TPSA) is 29.5 Å². The van der Waals surface area contributed by atoms with Gasteiger partial charge in [-0.05, 0) is 26.4 Å². The first-order valence-corrected chi connectivity index (χ1v) is 4.52. The number of rotatable bonds is 2. The minimum atomic E-state index is -0.149. The molecule has 0 N–H and O–H groups in total. The monoisotopic (exact) mass is 181 g/mol. The quantitative estimate of drug-likeness (QED) is 0.459. The Morgan fingerprint density at radius 1 is 1.77 bits per heavy atom. The molecule has 0 aromatic heterocycles. The Morgan fingerprint density at radius 3 is 3.15 bits per heavy atom. The van der Waals surface area contributed by atoms with E-state index < -0.39 is 0 Å². The van der Waals surface area contributed by atoms with Gasteiger partial charge in [-0.1, -0.05) is 5.92 Å². The van der Waals surface area contributed by atoms with Crippen molar-refractivity contribution in [3.8, 4) is 12.3 Å². The number of ether oxygens (including phenoxy) is 1. The molecule has 0 amide bonds. The van der Waals surface area contributed by atoms with E-state index in [-0.39, 0.29) is 18.5 Å². The minimum Gasteiger partial charge on any atom is -0.452 e. The fraction of sp³-hybridized carbons (Fsp3) is 0.700. The molecule has 3 heteroatoms. The Labute approximate surface area is 79.1 Å². The molecular formula is C10H15NO2. The van der Waals surface area contributed by atoms with Gasteiger partial charge in [0.25, 0.3) is 0 Å². The van der Waals surface area contributed by atoms with E-state index in [1.54, 1.807) is 0 Å². The fourth-order valence-electron chi connectivity index (χ4n) is 1.59. The molecule has 0 radical (unpaired) electrons. The van der Waals surface area contributed by atoms with Gasteiger partial charge in [0.2, 0.25) is 0 Å². The lowest BCUT2D eigenvalue weighted by atomic mass is 9.99. The number of nitrogens with zero attached hydrogens (tertiary/aromatic N) is 1. The molecule has 1 atom stereocenters. The summed E-state index contributed by atoms with van der Waals surface area (Å²) in [6.07, 6.45) is 6.98. The number of esters is 1. The Kier molecular flexibility index (Phi) is 3.78. The van der Waals surface area contributed by atoms with Crippen LogP contribution in [0.2, 0.25) is 0 Å². The summed E-state index contributed by atoms with van der Waals surface area (Å²) in [5.74, 6) is 2.16. The molecule has 0 aliphatic carbocycles. The van der Waals surface area contributed by atoms with Crippen molar-refractivity contribution in [3.63, 3.8) is 0 Å². The first-order chi connectivity index (χ1) is 6.24. The van der Waals surface area contributed by atoms with Crippen LogP contribution < -0.4 is 0 Å². The first-order valence-electron chi connectivity index (χ1n) is 4.52. The van der Waals surface area contributed by atoms with Crippen LogP contribution in [0.1, 0.15) is 12.8 Å². The normalized spacial score (nSPS) is 23.5. The van der Waals surface area contributed by atoms with Crippen molar-refractivity contribution in [2.24, 2.45) is 5.92 Å². The second-order valence-electron chi connectivity index (χ2n) is 3.41. The lowest BCUT2D eigenvalue weighted by molar-refractivity contribution is -0.148. The second kappa shape index (κ2) is 4.88. The van der Waals surface area contributed by atoms with Crippen molar-refractivity contribution < 1.29 is 9.53 Å². The molecule has 0 aromatic rings. The van der Waals surface area contributed by atoms with E-state index in [1.807, 2.05) is 7.05 Å². The SMILES string of the molecule is C#CCOC(=O)C1CCCN(C)C1. The Balaban J connectivity index is 2.33. The van der Waals surface area contributed by atoms with Gasteiger partial charge in [-0.3, -0.25) is 4.79 Å². The Morgan fingerprint density at radius 2 is 2.54 bits per heavy atom. The fourth-order valence-corrected chi connectivity index (χ4v) is 1.59. The first kappa shape index (κ1) is 10.1. The van der Waals surface area contributed by atoms with E-state index in [1.165, 1.54) is 0 Å². The highest BCUT2D eigenvalue weighted by atomic mass is 16.5. The van der Waals surface area contributed by atoms with Crippen molar-refractivity contribution in [1.29, 1.82) is 0 Å². The molecule has 1 rings (SSSR count). The summed E-state index contributed by atoms with van der Waals surface area (Å²) < 4.78 is 4.88. The van der Waals surface area contributed by atoms with Crippen molar-refractivity contribution in [2.45, 2.75) is 12.8 Å². The highest BCUT2D eigenvalue weighted by Gasteiger charge is 2.24. The Bertz CT molecular complexity index is 219. The maximum Gasteiger partial charge on any atom is 0.311 e. The number of terminal acetylenes is 1. The molecule has 0 spiro atoms. The van der Waals surface area contributed by atoms with E-state index in [0.717, 1.165) is 25.9 Å². The summed E-state index contributed by atoms with van der Waals surface area (Å²) in [4.78, 5) is 13.5. The van der Waals surface area contributed by atoms with Gasteiger partial charge >= 0.3 is 5.97 Å². The van der Waals surface area contributed by atoms with Crippen LogP contribution in [-0.2, 0) is 9.53 Å². The van der Waals surface area contributed by atoms with Crippen LogP contribution in [0.15, 0.2) is 0 Å². The number of carbonyl (C=O) groups is 1. The molecule has 0 saturated carbocycles. The van der Waals surface area contributed by atoms with E-state index in [2.05, 4.69) is 10.8 Å². The van der Waals surface area contributed by atoms with Crippen LogP contribution >= 0.6 is 0 Å².